The maximum atomic E-state index is 14.5. The highest BCUT2D eigenvalue weighted by Crippen LogP contribution is 2.33. The second kappa shape index (κ2) is 8.49. The highest BCUT2D eigenvalue weighted by Gasteiger charge is 2.23. The minimum absolute atomic E-state index is 0.118. The van der Waals surface area contributed by atoms with Crippen LogP contribution in [0.2, 0.25) is 5.02 Å². The molecule has 0 radical (unpaired) electrons. The summed E-state index contributed by atoms with van der Waals surface area (Å²) in [6.45, 7) is 1.28. The normalized spacial score (nSPS) is 11.3. The molecule has 9 heteroatoms. The molecule has 0 aliphatic heterocycles. The molecule has 2 aromatic heterocycles. The third kappa shape index (κ3) is 3.80. The molecule has 0 fully saturated rings. The summed E-state index contributed by atoms with van der Waals surface area (Å²) in [6.07, 6.45) is 1.28. The number of pyridine rings is 1. The Morgan fingerprint density at radius 2 is 1.84 bits per heavy atom. The van der Waals surface area contributed by atoms with E-state index in [-0.39, 0.29) is 21.6 Å². The first-order chi connectivity index (χ1) is 14.9. The number of aromatic amines is 1. The number of rotatable bonds is 6. The Kier molecular flexibility index (Phi) is 5.75. The van der Waals surface area contributed by atoms with E-state index in [2.05, 4.69) is 10.1 Å². The van der Waals surface area contributed by atoms with Crippen LogP contribution in [0.3, 0.4) is 0 Å². The molecule has 0 unspecified atom stereocenters. The summed E-state index contributed by atoms with van der Waals surface area (Å²) < 4.78 is 35.2. The Hall–Kier alpha value is -3.23. The minimum Gasteiger partial charge on any atom is -0.383 e. The van der Waals surface area contributed by atoms with Gasteiger partial charge in [0.1, 0.15) is 16.9 Å². The van der Waals surface area contributed by atoms with Crippen LogP contribution in [0, 0.1) is 11.6 Å². The number of H-pyrrole nitrogens is 1. The van der Waals surface area contributed by atoms with E-state index in [1.807, 2.05) is 24.1 Å². The zero-order chi connectivity index (χ0) is 22.1. The predicted octanol–water partition coefficient (Wildman–Crippen LogP) is 4.40. The lowest BCUT2D eigenvalue weighted by molar-refractivity contribution is 0.206. The number of para-hydroxylation sites is 1. The summed E-state index contributed by atoms with van der Waals surface area (Å²) in [4.78, 5) is 17.2. The fourth-order valence-corrected chi connectivity index (χ4v) is 3.64. The highest BCUT2D eigenvalue weighted by molar-refractivity contribution is 6.35. The van der Waals surface area contributed by atoms with Gasteiger partial charge in [0, 0.05) is 38.1 Å². The smallest absolute Gasteiger partial charge is 0.259 e. The van der Waals surface area contributed by atoms with Gasteiger partial charge in [0.2, 0.25) is 0 Å². The van der Waals surface area contributed by atoms with Gasteiger partial charge in [0.05, 0.1) is 17.0 Å². The number of hydrogen-bond donors (Lipinski definition) is 1. The maximum Gasteiger partial charge on any atom is 0.259 e. The van der Waals surface area contributed by atoms with Gasteiger partial charge in [-0.1, -0.05) is 29.8 Å². The van der Waals surface area contributed by atoms with Crippen molar-refractivity contribution in [3.63, 3.8) is 0 Å². The van der Waals surface area contributed by atoms with Crippen LogP contribution in [0.5, 0.6) is 0 Å². The van der Waals surface area contributed by atoms with E-state index in [1.54, 1.807) is 19.2 Å². The number of fused-ring (bicyclic) bond motifs is 1. The van der Waals surface area contributed by atoms with E-state index in [1.165, 1.54) is 12.3 Å². The monoisotopic (exact) mass is 444 g/mol. The first-order valence-electron chi connectivity index (χ1n) is 9.47. The van der Waals surface area contributed by atoms with Gasteiger partial charge in [-0.05, 0) is 24.3 Å². The maximum absolute atomic E-state index is 14.5. The Bertz CT molecular complexity index is 1280. The summed E-state index contributed by atoms with van der Waals surface area (Å²) >= 11 is 6.31. The van der Waals surface area contributed by atoms with Crippen molar-refractivity contribution < 1.29 is 13.5 Å². The van der Waals surface area contributed by atoms with E-state index in [0.29, 0.717) is 18.7 Å². The second-order valence-electron chi connectivity index (χ2n) is 6.98. The van der Waals surface area contributed by atoms with Gasteiger partial charge in [0.25, 0.3) is 5.56 Å². The van der Waals surface area contributed by atoms with Crippen LogP contribution >= 0.6 is 11.6 Å². The molecule has 31 heavy (non-hydrogen) atoms. The standard InChI is InChI=1S/C22H19ClF2N4O2/c1-28(10-11-31-2)14-8-6-13(7-9-14)19-18-20(15(23)12-26-22(18)30)29(27-19)21-16(24)4-3-5-17(21)25/h3-9,12H,10-11H2,1-2H3,(H,26,30). The molecule has 2 aromatic carbocycles. The number of benzene rings is 2. The van der Waals surface area contributed by atoms with Crippen molar-refractivity contribution in [3.8, 4) is 16.9 Å². The molecule has 6 nitrogen and oxygen atoms in total. The van der Waals surface area contributed by atoms with Crippen LogP contribution in [0.25, 0.3) is 27.8 Å². The molecular weight excluding hydrogens is 426 g/mol. The van der Waals surface area contributed by atoms with Crippen molar-refractivity contribution in [2.24, 2.45) is 0 Å². The number of nitrogens with one attached hydrogen (secondary N) is 1. The van der Waals surface area contributed by atoms with Crippen molar-refractivity contribution in [1.82, 2.24) is 14.8 Å². The lowest BCUT2D eigenvalue weighted by Gasteiger charge is -2.18. The SMILES string of the molecule is COCCN(C)c1ccc(-c2nn(-c3c(F)cccc3F)c3c(Cl)c[nH]c(=O)c23)cc1. The van der Waals surface area contributed by atoms with Crippen molar-refractivity contribution in [1.29, 1.82) is 0 Å². The molecule has 0 saturated carbocycles. The van der Waals surface area contributed by atoms with Gasteiger partial charge in [-0.3, -0.25) is 4.79 Å². The highest BCUT2D eigenvalue weighted by atomic mass is 35.5. The predicted molar refractivity (Wildman–Crippen MR) is 117 cm³/mol. The van der Waals surface area contributed by atoms with E-state index in [4.69, 9.17) is 16.3 Å². The summed E-state index contributed by atoms with van der Waals surface area (Å²) in [5.74, 6) is -1.63. The average molecular weight is 445 g/mol. The first kappa shape index (κ1) is 21.0. The molecule has 2 heterocycles. The van der Waals surface area contributed by atoms with Crippen molar-refractivity contribution in [2.75, 3.05) is 32.2 Å². The van der Waals surface area contributed by atoms with Crippen LogP contribution in [-0.2, 0) is 4.74 Å². The fourth-order valence-electron chi connectivity index (χ4n) is 3.41. The summed E-state index contributed by atoms with van der Waals surface area (Å²) in [7, 11) is 3.57. The molecule has 0 saturated heterocycles. The van der Waals surface area contributed by atoms with Gasteiger partial charge >= 0.3 is 0 Å². The zero-order valence-corrected chi connectivity index (χ0v) is 17.6. The van der Waals surface area contributed by atoms with Crippen LogP contribution in [0.4, 0.5) is 14.5 Å². The molecule has 0 aliphatic rings. The molecule has 4 rings (SSSR count). The molecule has 0 aliphatic carbocycles. The molecule has 1 N–H and O–H groups in total. The molecule has 0 amide bonds. The fraction of sp³-hybridized carbons (Fsp3) is 0.182. The van der Waals surface area contributed by atoms with Crippen molar-refractivity contribution >= 4 is 28.2 Å². The minimum atomic E-state index is -0.817. The third-order valence-corrected chi connectivity index (χ3v) is 5.32. The Morgan fingerprint density at radius 3 is 2.48 bits per heavy atom. The van der Waals surface area contributed by atoms with Crippen molar-refractivity contribution in [2.45, 2.75) is 0 Å². The van der Waals surface area contributed by atoms with Gasteiger partial charge < -0.3 is 14.6 Å². The van der Waals surface area contributed by atoms with Crippen LogP contribution < -0.4 is 10.5 Å². The number of likely N-dealkylation sites (N-methyl/N-ethyl adjacent to an activating group) is 1. The molecule has 0 bridgehead atoms. The number of halogens is 3. The van der Waals surface area contributed by atoms with Crippen LogP contribution in [-0.4, -0.2) is 42.1 Å². The topological polar surface area (TPSA) is 63.1 Å². The van der Waals surface area contributed by atoms with E-state index in [9.17, 15) is 13.6 Å². The summed E-state index contributed by atoms with van der Waals surface area (Å²) in [5, 5.41) is 4.66. The lowest BCUT2D eigenvalue weighted by atomic mass is 10.1. The second-order valence-corrected chi connectivity index (χ2v) is 7.39. The number of nitrogens with zero attached hydrogens (tertiary/aromatic N) is 3. The molecule has 0 spiro atoms. The van der Waals surface area contributed by atoms with Crippen LogP contribution in [0.15, 0.2) is 53.5 Å². The van der Waals surface area contributed by atoms with E-state index >= 15 is 0 Å². The van der Waals surface area contributed by atoms with Gasteiger partial charge in [0.15, 0.2) is 11.6 Å². The number of methoxy groups -OCH3 is 1. The molecule has 0 atom stereocenters. The van der Waals surface area contributed by atoms with E-state index in [0.717, 1.165) is 22.5 Å². The van der Waals surface area contributed by atoms with Gasteiger partial charge in [-0.25, -0.2) is 13.5 Å². The number of hydrogen-bond acceptors (Lipinski definition) is 4. The summed E-state index contributed by atoms with van der Waals surface area (Å²) in [5.41, 5.74) is 1.09. The summed E-state index contributed by atoms with van der Waals surface area (Å²) in [6, 6.07) is 10.8. The number of aromatic nitrogens is 3. The Morgan fingerprint density at radius 1 is 1.16 bits per heavy atom. The zero-order valence-electron chi connectivity index (χ0n) is 16.8. The number of anilines is 1. The van der Waals surface area contributed by atoms with E-state index < -0.39 is 22.9 Å². The average Bonchev–Trinajstić information content (AvgIpc) is 3.16. The number of ether oxygens (including phenoxy) is 1. The first-order valence-corrected chi connectivity index (χ1v) is 9.85. The Balaban J connectivity index is 1.90. The quantitative estimate of drug-likeness (QED) is 0.479. The molecule has 4 aromatic rings. The Labute approximate surface area is 181 Å². The third-order valence-electron chi connectivity index (χ3n) is 5.03. The van der Waals surface area contributed by atoms with Gasteiger partial charge in [-0.15, -0.1) is 0 Å². The molecule has 160 valence electrons. The lowest BCUT2D eigenvalue weighted by Crippen LogP contribution is -2.21. The molecular formula is C22H19ClF2N4O2. The van der Waals surface area contributed by atoms with Crippen molar-refractivity contribution in [3.05, 3.63) is 75.7 Å². The largest absolute Gasteiger partial charge is 0.383 e. The van der Waals surface area contributed by atoms with Crippen LogP contribution in [0.1, 0.15) is 0 Å². The van der Waals surface area contributed by atoms with Gasteiger partial charge in [-0.2, -0.15) is 5.10 Å².